The summed E-state index contributed by atoms with van der Waals surface area (Å²) in [5, 5.41) is 2.86. The van der Waals surface area contributed by atoms with Crippen molar-refractivity contribution in [1.82, 2.24) is 14.8 Å². The number of halogens is 3. The molecule has 3 amide bonds. The number of carbonyl (C=O) groups excluding carboxylic acids is 2. The molecule has 0 aliphatic carbocycles. The summed E-state index contributed by atoms with van der Waals surface area (Å²) in [7, 11) is 0. The van der Waals surface area contributed by atoms with E-state index in [1.165, 1.54) is 30.5 Å². The molecule has 0 unspecified atom stereocenters. The van der Waals surface area contributed by atoms with Crippen molar-refractivity contribution in [2.45, 2.75) is 0 Å². The van der Waals surface area contributed by atoms with E-state index in [1.54, 1.807) is 15.9 Å². The van der Waals surface area contributed by atoms with E-state index in [0.717, 1.165) is 0 Å². The van der Waals surface area contributed by atoms with Crippen molar-refractivity contribution in [2.24, 2.45) is 0 Å². The molecule has 2 heterocycles. The average molecular weight is 442 g/mol. The molecule has 3 rings (SSSR count). The van der Waals surface area contributed by atoms with Crippen LogP contribution in [0.25, 0.3) is 0 Å². The third-order valence-corrected chi connectivity index (χ3v) is 4.72. The van der Waals surface area contributed by atoms with Crippen molar-refractivity contribution in [2.75, 3.05) is 31.5 Å². The molecule has 1 saturated heterocycles. The third kappa shape index (κ3) is 4.31. The Balaban J connectivity index is 1.58. The van der Waals surface area contributed by atoms with E-state index in [0.29, 0.717) is 41.9 Å². The highest BCUT2D eigenvalue weighted by atomic mass is 79.9. The molecule has 1 fully saturated rings. The van der Waals surface area contributed by atoms with Crippen molar-refractivity contribution in [1.29, 1.82) is 0 Å². The van der Waals surface area contributed by atoms with Gasteiger partial charge in [0.25, 0.3) is 5.91 Å². The van der Waals surface area contributed by atoms with E-state index in [2.05, 4.69) is 26.2 Å². The summed E-state index contributed by atoms with van der Waals surface area (Å²) < 4.78 is 13.6. The first kappa shape index (κ1) is 18.6. The highest BCUT2D eigenvalue weighted by molar-refractivity contribution is 9.10. The smallest absolute Gasteiger partial charge is 0.321 e. The first-order valence-corrected chi connectivity index (χ1v) is 9.03. The van der Waals surface area contributed by atoms with Gasteiger partial charge in [0, 0.05) is 42.5 Å². The molecule has 1 aliphatic rings. The topological polar surface area (TPSA) is 65.5 Å². The normalized spacial score (nSPS) is 14.3. The van der Waals surface area contributed by atoms with Crippen LogP contribution in [0.5, 0.6) is 0 Å². The zero-order valence-corrected chi connectivity index (χ0v) is 15.9. The summed E-state index contributed by atoms with van der Waals surface area (Å²) >= 11 is 9.29. The molecule has 6 nitrogen and oxygen atoms in total. The lowest BCUT2D eigenvalue weighted by atomic mass is 10.2. The van der Waals surface area contributed by atoms with Gasteiger partial charge in [0.05, 0.1) is 5.56 Å². The predicted octanol–water partition coefficient (Wildman–Crippen LogP) is 3.63. The molecule has 1 aromatic carbocycles. The molecule has 26 heavy (non-hydrogen) atoms. The lowest BCUT2D eigenvalue weighted by Gasteiger charge is -2.34. The van der Waals surface area contributed by atoms with Crippen LogP contribution in [-0.2, 0) is 0 Å². The van der Waals surface area contributed by atoms with Crippen molar-refractivity contribution in [3.8, 4) is 0 Å². The van der Waals surface area contributed by atoms with E-state index in [-0.39, 0.29) is 22.9 Å². The second-order valence-corrected chi connectivity index (χ2v) is 6.98. The molecule has 136 valence electrons. The minimum absolute atomic E-state index is 0.148. The molecular weight excluding hydrogens is 427 g/mol. The first-order chi connectivity index (χ1) is 12.4. The number of benzene rings is 1. The molecule has 0 atom stereocenters. The van der Waals surface area contributed by atoms with Gasteiger partial charge >= 0.3 is 6.03 Å². The van der Waals surface area contributed by atoms with Gasteiger partial charge in [-0.1, -0.05) is 11.6 Å². The van der Waals surface area contributed by atoms with Crippen LogP contribution < -0.4 is 5.32 Å². The summed E-state index contributed by atoms with van der Waals surface area (Å²) in [6, 6.07) is 6.89. The molecule has 0 spiro atoms. The van der Waals surface area contributed by atoms with Gasteiger partial charge in [-0.25, -0.2) is 14.2 Å². The highest BCUT2D eigenvalue weighted by Gasteiger charge is 2.26. The minimum Gasteiger partial charge on any atom is -0.335 e. The number of piperazine rings is 1. The van der Waals surface area contributed by atoms with E-state index >= 15 is 0 Å². The molecule has 9 heteroatoms. The third-order valence-electron chi connectivity index (χ3n) is 3.99. The number of nitrogens with zero attached hydrogens (tertiary/aromatic N) is 3. The number of urea groups is 1. The first-order valence-electron chi connectivity index (χ1n) is 7.86. The fraction of sp³-hybridized carbons (Fsp3) is 0.235. The Labute approximate surface area is 163 Å². The predicted molar refractivity (Wildman–Crippen MR) is 99.8 cm³/mol. The fourth-order valence-corrected chi connectivity index (χ4v) is 3.11. The van der Waals surface area contributed by atoms with Crippen LogP contribution >= 0.6 is 27.5 Å². The minimum atomic E-state index is -0.365. The van der Waals surface area contributed by atoms with Gasteiger partial charge in [0.1, 0.15) is 11.0 Å². The standard InChI is InChI=1S/C17H15BrClFN4O2/c18-11-9-14(15(19)21-10-11)16(25)23-5-7-24(8-6-23)17(26)22-13-3-1-12(20)2-4-13/h1-4,9-10H,5-8H2,(H,22,26). The second-order valence-electron chi connectivity index (χ2n) is 5.71. The Morgan fingerprint density at radius 3 is 2.38 bits per heavy atom. The highest BCUT2D eigenvalue weighted by Crippen LogP contribution is 2.20. The Bertz CT molecular complexity index is 826. The zero-order valence-electron chi connectivity index (χ0n) is 13.6. The zero-order chi connectivity index (χ0) is 18.7. The van der Waals surface area contributed by atoms with Crippen molar-refractivity contribution in [3.05, 3.63) is 57.5 Å². The maximum absolute atomic E-state index is 12.9. The molecule has 2 aromatic rings. The summed E-state index contributed by atoms with van der Waals surface area (Å²) in [6.07, 6.45) is 1.52. The van der Waals surface area contributed by atoms with Crippen LogP contribution in [-0.4, -0.2) is 52.9 Å². The molecule has 0 saturated carbocycles. The van der Waals surface area contributed by atoms with Crippen molar-refractivity contribution < 1.29 is 14.0 Å². The lowest BCUT2D eigenvalue weighted by molar-refractivity contribution is 0.0671. The van der Waals surface area contributed by atoms with Gasteiger partial charge in [-0.15, -0.1) is 0 Å². The summed E-state index contributed by atoms with van der Waals surface area (Å²) in [5.41, 5.74) is 0.840. The van der Waals surface area contributed by atoms with E-state index < -0.39 is 0 Å². The summed E-state index contributed by atoms with van der Waals surface area (Å²) in [4.78, 5) is 32.1. The van der Waals surface area contributed by atoms with Gasteiger partial charge in [-0.05, 0) is 46.3 Å². The van der Waals surface area contributed by atoms with Gasteiger partial charge < -0.3 is 15.1 Å². The van der Waals surface area contributed by atoms with Crippen LogP contribution in [0, 0.1) is 5.82 Å². The molecule has 1 N–H and O–H groups in total. The Hall–Kier alpha value is -2.19. The van der Waals surface area contributed by atoms with Gasteiger partial charge in [0.15, 0.2) is 0 Å². The van der Waals surface area contributed by atoms with Crippen LogP contribution in [0.15, 0.2) is 41.0 Å². The van der Waals surface area contributed by atoms with Gasteiger partial charge in [0.2, 0.25) is 0 Å². The SMILES string of the molecule is O=C(Nc1ccc(F)cc1)N1CCN(C(=O)c2cc(Br)cnc2Cl)CC1. The Morgan fingerprint density at radius 2 is 1.73 bits per heavy atom. The number of rotatable bonds is 2. The number of amides is 3. The monoisotopic (exact) mass is 440 g/mol. The number of aromatic nitrogens is 1. The summed E-state index contributed by atoms with van der Waals surface area (Å²) in [5.74, 6) is -0.585. The Morgan fingerprint density at radius 1 is 1.12 bits per heavy atom. The maximum atomic E-state index is 12.9. The van der Waals surface area contributed by atoms with Crippen LogP contribution in [0.1, 0.15) is 10.4 Å². The molecule has 0 radical (unpaired) electrons. The second kappa shape index (κ2) is 8.01. The quantitative estimate of drug-likeness (QED) is 0.724. The van der Waals surface area contributed by atoms with E-state index in [1.807, 2.05) is 0 Å². The van der Waals surface area contributed by atoms with Crippen molar-refractivity contribution >= 4 is 45.2 Å². The van der Waals surface area contributed by atoms with E-state index in [4.69, 9.17) is 11.6 Å². The molecule has 0 bridgehead atoms. The Kier molecular flexibility index (Phi) is 5.73. The molecular formula is C17H15BrClFN4O2. The van der Waals surface area contributed by atoms with E-state index in [9.17, 15) is 14.0 Å². The lowest BCUT2D eigenvalue weighted by Crippen LogP contribution is -2.51. The van der Waals surface area contributed by atoms with Crippen LogP contribution in [0.3, 0.4) is 0 Å². The van der Waals surface area contributed by atoms with Crippen molar-refractivity contribution in [3.63, 3.8) is 0 Å². The van der Waals surface area contributed by atoms with Gasteiger partial charge in [-0.2, -0.15) is 0 Å². The number of anilines is 1. The fourth-order valence-electron chi connectivity index (χ4n) is 2.59. The molecule has 1 aromatic heterocycles. The maximum Gasteiger partial charge on any atom is 0.321 e. The largest absolute Gasteiger partial charge is 0.335 e. The number of hydrogen-bond acceptors (Lipinski definition) is 3. The van der Waals surface area contributed by atoms with Crippen LogP contribution in [0.4, 0.5) is 14.9 Å². The number of carbonyl (C=O) groups is 2. The number of nitrogens with one attached hydrogen (secondary N) is 1. The number of pyridine rings is 1. The average Bonchev–Trinajstić information content (AvgIpc) is 2.65. The summed E-state index contributed by atoms with van der Waals surface area (Å²) in [6.45, 7) is 1.55. The van der Waals surface area contributed by atoms with Gasteiger partial charge in [-0.3, -0.25) is 4.79 Å². The number of hydrogen-bond donors (Lipinski definition) is 1. The van der Waals surface area contributed by atoms with Crippen LogP contribution in [0.2, 0.25) is 5.15 Å². The molecule has 1 aliphatic heterocycles.